The lowest BCUT2D eigenvalue weighted by molar-refractivity contribution is 0.413. The van der Waals surface area contributed by atoms with Gasteiger partial charge in [0.05, 0.1) is 19.0 Å². The molecule has 0 saturated carbocycles. The first-order chi connectivity index (χ1) is 7.29. The predicted molar refractivity (Wildman–Crippen MR) is 61.7 cm³/mol. The molecule has 0 aliphatic heterocycles. The van der Waals surface area contributed by atoms with Crippen LogP contribution in [0.15, 0.2) is 41.3 Å². The van der Waals surface area contributed by atoms with E-state index in [4.69, 9.17) is 4.74 Å². The molecule has 0 unspecified atom stereocenters. The molecule has 76 valence electrons. The van der Waals surface area contributed by atoms with Crippen LogP contribution in [0.3, 0.4) is 0 Å². The Morgan fingerprint density at radius 1 is 1.27 bits per heavy atom. The van der Waals surface area contributed by atoms with Crippen LogP contribution in [0.5, 0.6) is 5.75 Å². The summed E-state index contributed by atoms with van der Waals surface area (Å²) in [5, 5.41) is 0. The van der Waals surface area contributed by atoms with Gasteiger partial charge in [0.2, 0.25) is 0 Å². The number of hydrogen-bond acceptors (Lipinski definition) is 3. The molecule has 15 heavy (non-hydrogen) atoms. The fourth-order valence-electron chi connectivity index (χ4n) is 1.24. The van der Waals surface area contributed by atoms with Gasteiger partial charge in [0, 0.05) is 11.8 Å². The molecule has 2 rings (SSSR count). The van der Waals surface area contributed by atoms with Gasteiger partial charge in [-0.2, -0.15) is 0 Å². The number of halogens is 1. The third-order valence-corrected chi connectivity index (χ3v) is 2.40. The molecule has 2 aromatic heterocycles. The highest BCUT2D eigenvalue weighted by Crippen LogP contribution is 2.21. The van der Waals surface area contributed by atoms with Gasteiger partial charge in [-0.25, -0.2) is 4.98 Å². The Bertz CT molecular complexity index is 474. The van der Waals surface area contributed by atoms with Crippen LogP contribution in [-0.2, 0) is 0 Å². The number of methoxy groups -OCH3 is 1. The molecule has 2 aromatic rings. The topological polar surface area (TPSA) is 35.0 Å². The molecular weight excluding hydrogens is 256 g/mol. The number of aromatic nitrogens is 2. The Morgan fingerprint density at radius 2 is 2.13 bits per heavy atom. The average molecular weight is 265 g/mol. The number of pyridine rings is 2. The van der Waals surface area contributed by atoms with Crippen LogP contribution in [-0.4, -0.2) is 17.1 Å². The van der Waals surface area contributed by atoms with E-state index in [1.165, 1.54) is 0 Å². The molecule has 0 aromatic carbocycles. The highest BCUT2D eigenvalue weighted by molar-refractivity contribution is 9.10. The van der Waals surface area contributed by atoms with Crippen molar-refractivity contribution in [1.29, 1.82) is 0 Å². The lowest BCUT2D eigenvalue weighted by Gasteiger charge is -2.03. The van der Waals surface area contributed by atoms with Crippen molar-refractivity contribution in [1.82, 2.24) is 9.97 Å². The summed E-state index contributed by atoms with van der Waals surface area (Å²) in [6, 6.07) is 7.66. The number of rotatable bonds is 2. The van der Waals surface area contributed by atoms with Crippen molar-refractivity contribution < 1.29 is 4.74 Å². The van der Waals surface area contributed by atoms with Crippen molar-refractivity contribution in [2.75, 3.05) is 7.11 Å². The Morgan fingerprint density at radius 3 is 2.87 bits per heavy atom. The zero-order valence-electron chi connectivity index (χ0n) is 8.14. The minimum atomic E-state index is 0.731. The van der Waals surface area contributed by atoms with Gasteiger partial charge < -0.3 is 4.74 Å². The van der Waals surface area contributed by atoms with Gasteiger partial charge in [-0.1, -0.05) is 6.07 Å². The predicted octanol–water partition coefficient (Wildman–Crippen LogP) is 2.91. The molecule has 0 aliphatic carbocycles. The van der Waals surface area contributed by atoms with Gasteiger partial charge >= 0.3 is 0 Å². The van der Waals surface area contributed by atoms with Gasteiger partial charge in [0.1, 0.15) is 10.4 Å². The maximum absolute atomic E-state index is 5.10. The average Bonchev–Trinajstić information content (AvgIpc) is 2.29. The summed E-state index contributed by atoms with van der Waals surface area (Å²) < 4.78 is 5.91. The molecule has 0 spiro atoms. The number of nitrogens with zero attached hydrogens (tertiary/aromatic N) is 2. The molecule has 0 atom stereocenters. The molecule has 4 heteroatoms. The first kappa shape index (κ1) is 10.1. The lowest BCUT2D eigenvalue weighted by Crippen LogP contribution is -1.88. The summed E-state index contributed by atoms with van der Waals surface area (Å²) in [5.41, 5.74) is 1.81. The normalized spacial score (nSPS) is 10.0. The lowest BCUT2D eigenvalue weighted by atomic mass is 10.2. The molecule has 0 fully saturated rings. The van der Waals surface area contributed by atoms with Crippen molar-refractivity contribution in [3.05, 3.63) is 41.3 Å². The van der Waals surface area contributed by atoms with Crippen LogP contribution in [0, 0.1) is 0 Å². The molecule has 0 bridgehead atoms. The number of ether oxygens (including phenoxy) is 1. The third-order valence-electron chi connectivity index (χ3n) is 1.96. The molecular formula is C11H9BrN2O. The van der Waals surface area contributed by atoms with E-state index >= 15 is 0 Å². The first-order valence-electron chi connectivity index (χ1n) is 4.41. The van der Waals surface area contributed by atoms with Gasteiger partial charge in [0.25, 0.3) is 0 Å². The number of hydrogen-bond donors (Lipinski definition) is 0. The van der Waals surface area contributed by atoms with Crippen molar-refractivity contribution in [2.24, 2.45) is 0 Å². The van der Waals surface area contributed by atoms with E-state index in [0.29, 0.717) is 0 Å². The van der Waals surface area contributed by atoms with Gasteiger partial charge in [-0.3, -0.25) is 4.98 Å². The fourth-order valence-corrected chi connectivity index (χ4v) is 1.58. The molecule has 0 N–H and O–H groups in total. The fraction of sp³-hybridized carbons (Fsp3) is 0.0909. The minimum Gasteiger partial charge on any atom is -0.495 e. The minimum absolute atomic E-state index is 0.731. The van der Waals surface area contributed by atoms with Crippen molar-refractivity contribution in [3.63, 3.8) is 0 Å². The van der Waals surface area contributed by atoms with Crippen LogP contribution in [0.2, 0.25) is 0 Å². The molecule has 0 amide bonds. The summed E-state index contributed by atoms with van der Waals surface area (Å²) in [5.74, 6) is 0.731. The van der Waals surface area contributed by atoms with E-state index in [1.54, 1.807) is 19.5 Å². The van der Waals surface area contributed by atoms with E-state index in [2.05, 4.69) is 25.9 Å². The zero-order valence-corrected chi connectivity index (χ0v) is 9.73. The van der Waals surface area contributed by atoms with E-state index < -0.39 is 0 Å². The van der Waals surface area contributed by atoms with Crippen molar-refractivity contribution in [2.45, 2.75) is 0 Å². The maximum Gasteiger partial charge on any atom is 0.137 e. The van der Waals surface area contributed by atoms with Crippen molar-refractivity contribution >= 4 is 15.9 Å². The molecule has 0 aliphatic rings. The zero-order chi connectivity index (χ0) is 10.7. The molecule has 3 nitrogen and oxygen atoms in total. The van der Waals surface area contributed by atoms with E-state index in [1.807, 2.05) is 24.3 Å². The van der Waals surface area contributed by atoms with Gasteiger partial charge in [0.15, 0.2) is 0 Å². The maximum atomic E-state index is 5.10. The van der Waals surface area contributed by atoms with E-state index in [9.17, 15) is 0 Å². The second-order valence-corrected chi connectivity index (χ2v) is 3.77. The van der Waals surface area contributed by atoms with Crippen LogP contribution in [0.1, 0.15) is 0 Å². The van der Waals surface area contributed by atoms with E-state index in [0.717, 1.165) is 21.6 Å². The monoisotopic (exact) mass is 264 g/mol. The van der Waals surface area contributed by atoms with Crippen LogP contribution < -0.4 is 4.74 Å². The molecule has 0 saturated heterocycles. The smallest absolute Gasteiger partial charge is 0.137 e. The summed E-state index contributed by atoms with van der Waals surface area (Å²) in [6.07, 6.45) is 3.43. The summed E-state index contributed by atoms with van der Waals surface area (Å²) in [6.45, 7) is 0. The summed E-state index contributed by atoms with van der Waals surface area (Å²) in [4.78, 5) is 8.42. The highest BCUT2D eigenvalue weighted by atomic mass is 79.9. The van der Waals surface area contributed by atoms with E-state index in [-0.39, 0.29) is 0 Å². The standard InChI is InChI=1S/C11H9BrN2O/c1-15-9-5-8(6-13-7-9)10-3-2-4-11(12)14-10/h2-7H,1H3. The highest BCUT2D eigenvalue weighted by Gasteiger charge is 2.01. The van der Waals surface area contributed by atoms with Gasteiger partial charge in [-0.05, 0) is 34.1 Å². The SMILES string of the molecule is COc1cncc(-c2cccc(Br)n2)c1. The first-order valence-corrected chi connectivity index (χ1v) is 5.21. The quantitative estimate of drug-likeness (QED) is 0.783. The second kappa shape index (κ2) is 4.40. The Kier molecular flexibility index (Phi) is 2.97. The molecule has 2 heterocycles. The van der Waals surface area contributed by atoms with Crippen molar-refractivity contribution in [3.8, 4) is 17.0 Å². The van der Waals surface area contributed by atoms with Crippen LogP contribution in [0.4, 0.5) is 0 Å². The summed E-state index contributed by atoms with van der Waals surface area (Å²) >= 11 is 3.33. The van der Waals surface area contributed by atoms with Crippen LogP contribution >= 0.6 is 15.9 Å². The third kappa shape index (κ3) is 2.33. The Hall–Kier alpha value is -1.42. The Labute approximate surface area is 96.3 Å². The largest absolute Gasteiger partial charge is 0.495 e. The second-order valence-electron chi connectivity index (χ2n) is 2.96. The van der Waals surface area contributed by atoms with Crippen LogP contribution in [0.25, 0.3) is 11.3 Å². The molecule has 0 radical (unpaired) electrons. The van der Waals surface area contributed by atoms with Gasteiger partial charge in [-0.15, -0.1) is 0 Å². The summed E-state index contributed by atoms with van der Waals surface area (Å²) in [7, 11) is 1.62. The Balaban J connectivity index is 2.44.